The average Bonchev–Trinajstić information content (AvgIpc) is 2.72. The molecule has 1 saturated carbocycles. The van der Waals surface area contributed by atoms with Gasteiger partial charge in [0.25, 0.3) is 0 Å². The fraction of sp³-hybridized carbons (Fsp3) is 1.00. The quantitative estimate of drug-likeness (QED) is 0.819. The van der Waals surface area contributed by atoms with Crippen molar-refractivity contribution in [1.82, 2.24) is 10.2 Å². The van der Waals surface area contributed by atoms with Crippen LogP contribution in [0.2, 0.25) is 0 Å². The molecule has 1 aliphatic heterocycles. The van der Waals surface area contributed by atoms with Crippen LogP contribution in [0.3, 0.4) is 0 Å². The van der Waals surface area contributed by atoms with Gasteiger partial charge in [0, 0.05) is 6.04 Å². The minimum Gasteiger partial charge on any atom is -0.317 e. The van der Waals surface area contributed by atoms with Crippen LogP contribution in [0, 0.1) is 17.8 Å². The second-order valence-corrected chi connectivity index (χ2v) is 7.15. The molecule has 0 amide bonds. The first kappa shape index (κ1) is 15.3. The van der Waals surface area contributed by atoms with E-state index in [1.54, 1.807) is 0 Å². The van der Waals surface area contributed by atoms with Gasteiger partial charge in [-0.25, -0.2) is 0 Å². The lowest BCUT2D eigenvalue weighted by molar-refractivity contribution is 0.243. The molecule has 1 saturated heterocycles. The third-order valence-electron chi connectivity index (χ3n) is 5.65. The molecule has 19 heavy (non-hydrogen) atoms. The zero-order valence-electron chi connectivity index (χ0n) is 13.3. The van der Waals surface area contributed by atoms with Gasteiger partial charge in [-0.15, -0.1) is 0 Å². The van der Waals surface area contributed by atoms with Gasteiger partial charge in [0.15, 0.2) is 0 Å². The minimum absolute atomic E-state index is 0.801. The lowest BCUT2D eigenvalue weighted by Gasteiger charge is -2.25. The predicted octanol–water partition coefficient (Wildman–Crippen LogP) is 3.52. The van der Waals surface area contributed by atoms with Crippen LogP contribution in [-0.4, -0.2) is 37.6 Å². The molecule has 1 N–H and O–H groups in total. The summed E-state index contributed by atoms with van der Waals surface area (Å²) in [6, 6.07) is 0.801. The first-order valence-corrected chi connectivity index (χ1v) is 8.60. The lowest BCUT2D eigenvalue weighted by atomic mass is 9.89. The number of nitrogens with zero attached hydrogens (tertiary/aromatic N) is 1. The molecule has 3 atom stereocenters. The standard InChI is InChI=1S/C17H34N2/c1-14(2)15-7-5-11-19(12-9-15)13-10-16-6-4-8-17(16)18-3/h14-18H,4-13H2,1-3H3. The van der Waals surface area contributed by atoms with Crippen molar-refractivity contribution in [3.63, 3.8) is 0 Å². The number of nitrogens with one attached hydrogen (secondary N) is 1. The van der Waals surface area contributed by atoms with Crippen LogP contribution in [0.15, 0.2) is 0 Å². The van der Waals surface area contributed by atoms with Crippen molar-refractivity contribution in [1.29, 1.82) is 0 Å². The summed E-state index contributed by atoms with van der Waals surface area (Å²) in [6.45, 7) is 8.83. The molecule has 2 rings (SSSR count). The van der Waals surface area contributed by atoms with E-state index in [-0.39, 0.29) is 0 Å². The molecule has 1 heterocycles. The van der Waals surface area contributed by atoms with E-state index < -0.39 is 0 Å². The van der Waals surface area contributed by atoms with Crippen molar-refractivity contribution in [2.24, 2.45) is 17.8 Å². The van der Waals surface area contributed by atoms with E-state index in [2.05, 4.69) is 31.1 Å². The molecule has 2 fully saturated rings. The van der Waals surface area contributed by atoms with E-state index >= 15 is 0 Å². The van der Waals surface area contributed by atoms with Crippen molar-refractivity contribution < 1.29 is 0 Å². The molecule has 0 radical (unpaired) electrons. The lowest BCUT2D eigenvalue weighted by Crippen LogP contribution is -2.33. The average molecular weight is 266 g/mol. The van der Waals surface area contributed by atoms with Crippen molar-refractivity contribution >= 4 is 0 Å². The summed E-state index contributed by atoms with van der Waals surface area (Å²) in [6.07, 6.45) is 10.0. The first-order chi connectivity index (χ1) is 9.20. The largest absolute Gasteiger partial charge is 0.317 e. The third kappa shape index (κ3) is 4.46. The molecule has 2 heteroatoms. The highest BCUT2D eigenvalue weighted by Crippen LogP contribution is 2.29. The summed E-state index contributed by atoms with van der Waals surface area (Å²) >= 11 is 0. The van der Waals surface area contributed by atoms with Crippen LogP contribution in [-0.2, 0) is 0 Å². The second kappa shape index (κ2) is 7.64. The topological polar surface area (TPSA) is 15.3 Å². The summed E-state index contributed by atoms with van der Waals surface area (Å²) in [5.74, 6) is 2.79. The number of rotatable bonds is 5. The molecule has 2 nitrogen and oxygen atoms in total. The van der Waals surface area contributed by atoms with Crippen molar-refractivity contribution in [2.75, 3.05) is 26.7 Å². The van der Waals surface area contributed by atoms with Gasteiger partial charge >= 0.3 is 0 Å². The highest BCUT2D eigenvalue weighted by molar-refractivity contribution is 4.83. The van der Waals surface area contributed by atoms with Crippen LogP contribution < -0.4 is 5.32 Å². The third-order valence-corrected chi connectivity index (χ3v) is 5.65. The summed E-state index contributed by atoms with van der Waals surface area (Å²) in [5, 5.41) is 3.52. The fourth-order valence-electron chi connectivity index (χ4n) is 4.18. The maximum absolute atomic E-state index is 3.52. The molecule has 0 aromatic rings. The van der Waals surface area contributed by atoms with E-state index in [9.17, 15) is 0 Å². The smallest absolute Gasteiger partial charge is 0.00928 e. The van der Waals surface area contributed by atoms with Crippen LogP contribution in [0.25, 0.3) is 0 Å². The summed E-state index contributed by atoms with van der Waals surface area (Å²) < 4.78 is 0. The van der Waals surface area contributed by atoms with Crippen LogP contribution in [0.5, 0.6) is 0 Å². The Hall–Kier alpha value is -0.0800. The molecule has 112 valence electrons. The summed E-state index contributed by atoms with van der Waals surface area (Å²) in [7, 11) is 2.14. The number of hydrogen-bond donors (Lipinski definition) is 1. The second-order valence-electron chi connectivity index (χ2n) is 7.15. The van der Waals surface area contributed by atoms with E-state index in [1.807, 2.05) is 0 Å². The molecule has 0 spiro atoms. The SMILES string of the molecule is CNC1CCCC1CCN1CCCC(C(C)C)CC1. The number of hydrogen-bond acceptors (Lipinski definition) is 2. The Morgan fingerprint density at radius 2 is 1.89 bits per heavy atom. The van der Waals surface area contributed by atoms with Crippen LogP contribution in [0.4, 0.5) is 0 Å². The zero-order chi connectivity index (χ0) is 13.7. The number of likely N-dealkylation sites (tertiary alicyclic amines) is 1. The van der Waals surface area contributed by atoms with Crippen molar-refractivity contribution in [2.45, 2.75) is 64.8 Å². The molecule has 0 bridgehead atoms. The van der Waals surface area contributed by atoms with Gasteiger partial charge in [0.2, 0.25) is 0 Å². The monoisotopic (exact) mass is 266 g/mol. The molecular formula is C17H34N2. The Morgan fingerprint density at radius 3 is 2.63 bits per heavy atom. The van der Waals surface area contributed by atoms with Crippen molar-refractivity contribution in [3.8, 4) is 0 Å². The Labute approximate surface area is 120 Å². The molecular weight excluding hydrogens is 232 g/mol. The van der Waals surface area contributed by atoms with Gasteiger partial charge in [-0.2, -0.15) is 0 Å². The van der Waals surface area contributed by atoms with Gasteiger partial charge in [-0.1, -0.05) is 20.3 Å². The van der Waals surface area contributed by atoms with Crippen molar-refractivity contribution in [3.05, 3.63) is 0 Å². The van der Waals surface area contributed by atoms with Crippen LogP contribution in [0.1, 0.15) is 58.8 Å². The van der Waals surface area contributed by atoms with E-state index in [1.165, 1.54) is 64.6 Å². The Kier molecular flexibility index (Phi) is 6.15. The Bertz CT molecular complexity index is 252. The maximum atomic E-state index is 3.52. The molecule has 0 aromatic carbocycles. The summed E-state index contributed by atoms with van der Waals surface area (Å²) in [5.41, 5.74) is 0. The molecule has 3 unspecified atom stereocenters. The van der Waals surface area contributed by atoms with Crippen LogP contribution >= 0.6 is 0 Å². The molecule has 1 aliphatic carbocycles. The normalized spacial score (nSPS) is 33.8. The zero-order valence-corrected chi connectivity index (χ0v) is 13.3. The van der Waals surface area contributed by atoms with Gasteiger partial charge in [-0.3, -0.25) is 0 Å². The van der Waals surface area contributed by atoms with E-state index in [0.29, 0.717) is 0 Å². The minimum atomic E-state index is 0.801. The first-order valence-electron chi connectivity index (χ1n) is 8.60. The van der Waals surface area contributed by atoms with E-state index in [4.69, 9.17) is 0 Å². The highest BCUT2D eigenvalue weighted by atomic mass is 15.1. The summed E-state index contributed by atoms with van der Waals surface area (Å²) in [4.78, 5) is 2.74. The predicted molar refractivity (Wildman–Crippen MR) is 83.4 cm³/mol. The van der Waals surface area contributed by atoms with Gasteiger partial charge in [0.1, 0.15) is 0 Å². The van der Waals surface area contributed by atoms with Gasteiger partial charge < -0.3 is 10.2 Å². The highest BCUT2D eigenvalue weighted by Gasteiger charge is 2.26. The Morgan fingerprint density at radius 1 is 1.05 bits per heavy atom. The van der Waals surface area contributed by atoms with Gasteiger partial charge in [0.05, 0.1) is 0 Å². The van der Waals surface area contributed by atoms with E-state index in [0.717, 1.165) is 23.8 Å². The molecule has 2 aliphatic rings. The fourth-order valence-corrected chi connectivity index (χ4v) is 4.18. The maximum Gasteiger partial charge on any atom is 0.00928 e. The van der Waals surface area contributed by atoms with Gasteiger partial charge in [-0.05, 0) is 83.0 Å². The molecule has 0 aromatic heterocycles. The Balaban J connectivity index is 1.71.